The molecule has 0 radical (unpaired) electrons. The third-order valence-electron chi connectivity index (χ3n) is 2.16. The molecule has 16 heavy (non-hydrogen) atoms. The molecule has 5 nitrogen and oxygen atoms in total. The number of hydrogen-bond donors (Lipinski definition) is 0. The van der Waals surface area contributed by atoms with Gasteiger partial charge in [-0.1, -0.05) is 18.5 Å². The van der Waals surface area contributed by atoms with Gasteiger partial charge in [0, 0.05) is 13.6 Å². The van der Waals surface area contributed by atoms with Crippen molar-refractivity contribution in [1.82, 2.24) is 9.97 Å². The first kappa shape index (κ1) is 12.7. The van der Waals surface area contributed by atoms with Gasteiger partial charge in [-0.3, -0.25) is 4.79 Å². The quantitative estimate of drug-likeness (QED) is 0.748. The molecule has 0 N–H and O–H groups in total. The van der Waals surface area contributed by atoms with Crippen molar-refractivity contribution >= 4 is 23.4 Å². The van der Waals surface area contributed by atoms with Crippen molar-refractivity contribution in [2.75, 3.05) is 25.6 Å². The third kappa shape index (κ3) is 3.06. The molecule has 0 saturated carbocycles. The predicted octanol–water partition coefficient (Wildman–Crippen LogP) is 1.38. The maximum Gasteiger partial charge on any atom is 0.310 e. The zero-order chi connectivity index (χ0) is 12.1. The molecular formula is C10H14ClN3O2. The van der Waals surface area contributed by atoms with E-state index in [2.05, 4.69) is 14.7 Å². The van der Waals surface area contributed by atoms with Gasteiger partial charge in [0.1, 0.15) is 11.3 Å². The lowest BCUT2D eigenvalue weighted by Gasteiger charge is -2.21. The lowest BCUT2D eigenvalue weighted by molar-refractivity contribution is -0.144. The normalized spacial score (nSPS) is 12.0. The van der Waals surface area contributed by atoms with Crippen LogP contribution in [0.3, 0.4) is 0 Å². The highest BCUT2D eigenvalue weighted by atomic mass is 35.5. The number of rotatable bonds is 4. The van der Waals surface area contributed by atoms with Crippen LogP contribution in [0.1, 0.15) is 6.92 Å². The molecule has 0 aliphatic rings. The standard InChI is InChI=1S/C10H14ClN3O2/c1-7(10(15)16-3)5-14(2)9-8(11)4-12-6-13-9/h4,6-7H,5H2,1-3H3. The fraction of sp³-hybridized carbons (Fsp3) is 0.500. The van der Waals surface area contributed by atoms with Gasteiger partial charge in [-0.05, 0) is 0 Å². The second kappa shape index (κ2) is 5.65. The number of carbonyl (C=O) groups excluding carboxylic acids is 1. The number of carbonyl (C=O) groups is 1. The zero-order valence-electron chi connectivity index (χ0n) is 9.48. The zero-order valence-corrected chi connectivity index (χ0v) is 10.2. The van der Waals surface area contributed by atoms with Crippen molar-refractivity contribution in [3.63, 3.8) is 0 Å². The largest absolute Gasteiger partial charge is 0.469 e. The highest BCUT2D eigenvalue weighted by Gasteiger charge is 2.17. The van der Waals surface area contributed by atoms with Crippen LogP contribution < -0.4 is 4.90 Å². The Morgan fingerprint density at radius 3 is 2.94 bits per heavy atom. The van der Waals surface area contributed by atoms with Gasteiger partial charge < -0.3 is 9.64 Å². The van der Waals surface area contributed by atoms with Crippen molar-refractivity contribution in [1.29, 1.82) is 0 Å². The van der Waals surface area contributed by atoms with Crippen LogP contribution in [0, 0.1) is 5.92 Å². The number of methoxy groups -OCH3 is 1. The van der Waals surface area contributed by atoms with Crippen LogP contribution in [0.25, 0.3) is 0 Å². The second-order valence-corrected chi connectivity index (χ2v) is 3.91. The first-order valence-electron chi connectivity index (χ1n) is 4.80. The monoisotopic (exact) mass is 243 g/mol. The smallest absolute Gasteiger partial charge is 0.310 e. The molecule has 1 aromatic heterocycles. The van der Waals surface area contributed by atoms with Crippen LogP contribution in [0.15, 0.2) is 12.5 Å². The summed E-state index contributed by atoms with van der Waals surface area (Å²) in [6.07, 6.45) is 2.93. The van der Waals surface area contributed by atoms with Crippen molar-refractivity contribution in [3.05, 3.63) is 17.5 Å². The molecule has 0 aromatic carbocycles. The molecule has 1 aromatic rings. The number of halogens is 1. The van der Waals surface area contributed by atoms with Crippen LogP contribution >= 0.6 is 11.6 Å². The number of aromatic nitrogens is 2. The fourth-order valence-electron chi connectivity index (χ4n) is 1.36. The highest BCUT2D eigenvalue weighted by molar-refractivity contribution is 6.32. The van der Waals surface area contributed by atoms with Crippen LogP contribution in [0.5, 0.6) is 0 Å². The molecule has 0 bridgehead atoms. The average molecular weight is 244 g/mol. The number of ether oxygens (including phenoxy) is 1. The minimum Gasteiger partial charge on any atom is -0.469 e. The number of anilines is 1. The van der Waals surface area contributed by atoms with Gasteiger partial charge >= 0.3 is 5.97 Å². The summed E-state index contributed by atoms with van der Waals surface area (Å²) in [5, 5.41) is 0.460. The maximum atomic E-state index is 11.2. The van der Waals surface area contributed by atoms with E-state index in [9.17, 15) is 4.79 Å². The van der Waals surface area contributed by atoms with Crippen molar-refractivity contribution in [3.8, 4) is 0 Å². The van der Waals surface area contributed by atoms with E-state index in [1.807, 2.05) is 7.05 Å². The molecule has 0 amide bonds. The Balaban J connectivity index is 2.69. The summed E-state index contributed by atoms with van der Waals surface area (Å²) in [4.78, 5) is 20.9. The van der Waals surface area contributed by atoms with E-state index < -0.39 is 0 Å². The molecule has 88 valence electrons. The van der Waals surface area contributed by atoms with Gasteiger partial charge in [0.2, 0.25) is 0 Å². The van der Waals surface area contributed by atoms with E-state index in [1.165, 1.54) is 19.6 Å². The molecule has 0 spiro atoms. The summed E-state index contributed by atoms with van der Waals surface area (Å²) in [5.74, 6) is 0.116. The molecule has 0 saturated heterocycles. The topological polar surface area (TPSA) is 55.3 Å². The predicted molar refractivity (Wildman–Crippen MR) is 61.5 cm³/mol. The second-order valence-electron chi connectivity index (χ2n) is 3.50. The molecule has 0 aliphatic heterocycles. The summed E-state index contributed by atoms with van der Waals surface area (Å²) >= 11 is 5.93. The fourth-order valence-corrected chi connectivity index (χ4v) is 1.61. The van der Waals surface area contributed by atoms with Crippen LogP contribution in [-0.2, 0) is 9.53 Å². The van der Waals surface area contributed by atoms with E-state index in [0.29, 0.717) is 17.4 Å². The van der Waals surface area contributed by atoms with Gasteiger partial charge in [-0.2, -0.15) is 0 Å². The van der Waals surface area contributed by atoms with Gasteiger partial charge in [-0.15, -0.1) is 0 Å². The molecule has 1 rings (SSSR count). The van der Waals surface area contributed by atoms with Gasteiger partial charge in [-0.25, -0.2) is 9.97 Å². The summed E-state index contributed by atoms with van der Waals surface area (Å²) in [7, 11) is 3.18. The summed E-state index contributed by atoms with van der Waals surface area (Å²) in [6, 6.07) is 0. The summed E-state index contributed by atoms with van der Waals surface area (Å²) < 4.78 is 4.65. The number of hydrogen-bond acceptors (Lipinski definition) is 5. The lowest BCUT2D eigenvalue weighted by Crippen LogP contribution is -2.30. The van der Waals surface area contributed by atoms with Crippen LogP contribution in [0.2, 0.25) is 5.02 Å². The molecule has 6 heteroatoms. The maximum absolute atomic E-state index is 11.2. The van der Waals surface area contributed by atoms with E-state index in [0.717, 1.165) is 0 Å². The first-order valence-corrected chi connectivity index (χ1v) is 5.18. The average Bonchev–Trinajstić information content (AvgIpc) is 2.28. The molecule has 1 atom stereocenters. The van der Waals surface area contributed by atoms with E-state index in [4.69, 9.17) is 11.6 Å². The van der Waals surface area contributed by atoms with Gasteiger partial charge in [0.15, 0.2) is 5.82 Å². The molecule has 0 aliphatic carbocycles. The van der Waals surface area contributed by atoms with E-state index in [-0.39, 0.29) is 11.9 Å². The Labute approximate surface area is 99.4 Å². The summed E-state index contributed by atoms with van der Waals surface area (Å²) in [5.41, 5.74) is 0. The molecular weight excluding hydrogens is 230 g/mol. The molecule has 1 heterocycles. The molecule has 0 fully saturated rings. The van der Waals surface area contributed by atoms with Crippen LogP contribution in [0.4, 0.5) is 5.82 Å². The Kier molecular flexibility index (Phi) is 4.49. The summed E-state index contributed by atoms with van der Waals surface area (Å²) in [6.45, 7) is 2.28. The Morgan fingerprint density at radius 2 is 2.38 bits per heavy atom. The third-order valence-corrected chi connectivity index (χ3v) is 2.43. The Morgan fingerprint density at radius 1 is 1.69 bits per heavy atom. The number of nitrogens with zero attached hydrogens (tertiary/aromatic N) is 3. The van der Waals surface area contributed by atoms with E-state index >= 15 is 0 Å². The van der Waals surface area contributed by atoms with Crippen molar-refractivity contribution in [2.45, 2.75) is 6.92 Å². The minimum absolute atomic E-state index is 0.235. The number of esters is 1. The lowest BCUT2D eigenvalue weighted by atomic mass is 10.2. The highest BCUT2D eigenvalue weighted by Crippen LogP contribution is 2.20. The van der Waals surface area contributed by atoms with E-state index in [1.54, 1.807) is 11.8 Å². The van der Waals surface area contributed by atoms with Crippen molar-refractivity contribution in [2.24, 2.45) is 5.92 Å². The van der Waals surface area contributed by atoms with Crippen molar-refractivity contribution < 1.29 is 9.53 Å². The van der Waals surface area contributed by atoms with Crippen LogP contribution in [-0.4, -0.2) is 36.6 Å². The SMILES string of the molecule is COC(=O)C(C)CN(C)c1ncncc1Cl. The Hall–Kier alpha value is -1.36. The Bertz CT molecular complexity index is 373. The molecule has 1 unspecified atom stereocenters. The first-order chi connectivity index (χ1) is 7.56. The van der Waals surface area contributed by atoms with Gasteiger partial charge in [0.05, 0.1) is 19.2 Å². The minimum atomic E-state index is -0.253. The van der Waals surface area contributed by atoms with Gasteiger partial charge in [0.25, 0.3) is 0 Å².